The van der Waals surface area contributed by atoms with Crippen LogP contribution in [0, 0.1) is 17.5 Å². The fourth-order valence-electron chi connectivity index (χ4n) is 17.4. The monoisotopic (exact) mass is 1980 g/mol. The molecule has 0 aliphatic carbocycles. The van der Waals surface area contributed by atoms with E-state index in [0.29, 0.717) is 90.6 Å². The predicted octanol–water partition coefficient (Wildman–Crippen LogP) is 21.2. The molecule has 26 rings (SSSR count). The summed E-state index contributed by atoms with van der Waals surface area (Å²) in [6.45, 7) is 0.816. The van der Waals surface area contributed by atoms with Crippen LogP contribution in [0.15, 0.2) is 358 Å². The summed E-state index contributed by atoms with van der Waals surface area (Å²) in [5.74, 6) is 1.36. The van der Waals surface area contributed by atoms with Crippen LogP contribution >= 0.6 is 0 Å². The highest BCUT2D eigenvalue weighted by molar-refractivity contribution is 7.93. The van der Waals surface area contributed by atoms with Crippen molar-refractivity contribution in [1.82, 2.24) is 140 Å². The molecule has 34 nitrogen and oxygen atoms in total. The molecule has 7 aromatic carbocycles. The summed E-state index contributed by atoms with van der Waals surface area (Å²) in [4.78, 5) is 81.4. The van der Waals surface area contributed by atoms with Gasteiger partial charge in [0.05, 0.1) is 109 Å². The Morgan fingerprint density at radius 3 is 1.08 bits per heavy atom. The number of pyridine rings is 11. The van der Waals surface area contributed by atoms with Gasteiger partial charge in [0.15, 0.2) is 23.3 Å². The zero-order valence-electron chi connectivity index (χ0n) is 77.1. The van der Waals surface area contributed by atoms with E-state index in [1.807, 2.05) is 118 Å². The number of hydrogen-bond acceptors (Lipinski definition) is 24. The van der Waals surface area contributed by atoms with Crippen molar-refractivity contribution < 1.29 is 30.0 Å². The maximum Gasteiger partial charge on any atom is 0.263 e. The molecule has 0 aliphatic heterocycles. The van der Waals surface area contributed by atoms with Gasteiger partial charge in [-0.3, -0.25) is 79.7 Å². The smallest absolute Gasteiger partial charge is 0.263 e. The first kappa shape index (κ1) is 91.0. The molecule has 0 unspecified atom stereocenters. The fourth-order valence-corrected chi connectivity index (χ4v) is 19.5. The maximum atomic E-state index is 13.9. The molecule has 714 valence electrons. The largest absolute Gasteiger partial charge is 0.335 e. The van der Waals surface area contributed by atoms with E-state index < -0.39 is 31.7 Å². The molecular formula is C108H75F3N30O4S2. The average molecular weight is 1980 g/mol. The van der Waals surface area contributed by atoms with Crippen molar-refractivity contribution in [3.8, 4) is 135 Å². The number of aromatic nitrogens is 27. The molecule has 0 saturated heterocycles. The number of H-pyrrole nitrogens is 8. The lowest BCUT2D eigenvalue weighted by Gasteiger charge is -2.10. The summed E-state index contributed by atoms with van der Waals surface area (Å²) < 4.78 is 97.8. The summed E-state index contributed by atoms with van der Waals surface area (Å²) in [5, 5.41) is 33.9. The van der Waals surface area contributed by atoms with E-state index in [-0.39, 0.29) is 21.4 Å². The van der Waals surface area contributed by atoms with Gasteiger partial charge in [0.25, 0.3) is 20.0 Å². The van der Waals surface area contributed by atoms with Crippen LogP contribution in [0.5, 0.6) is 0 Å². The van der Waals surface area contributed by atoms with Crippen LogP contribution in [0.2, 0.25) is 0 Å². The van der Waals surface area contributed by atoms with Crippen LogP contribution in [0.3, 0.4) is 0 Å². The molecule has 0 atom stereocenters. The highest BCUT2D eigenvalue weighted by Gasteiger charge is 2.26. The second-order valence-corrected chi connectivity index (χ2v) is 37.7. The van der Waals surface area contributed by atoms with Gasteiger partial charge in [-0.1, -0.05) is 84.9 Å². The Morgan fingerprint density at radius 1 is 0.279 bits per heavy atom. The number of nitrogens with one attached hydrogen (secondary N) is 10. The number of halogens is 3. The summed E-state index contributed by atoms with van der Waals surface area (Å²) in [7, 11) is -3.46. The van der Waals surface area contributed by atoms with E-state index in [9.17, 15) is 30.0 Å². The summed E-state index contributed by atoms with van der Waals surface area (Å²) >= 11 is 0. The van der Waals surface area contributed by atoms with Crippen LogP contribution in [0.4, 0.5) is 24.7 Å². The zero-order valence-corrected chi connectivity index (χ0v) is 78.8. The molecule has 0 spiro atoms. The van der Waals surface area contributed by atoms with Crippen molar-refractivity contribution in [2.45, 2.75) is 16.3 Å². The van der Waals surface area contributed by atoms with E-state index in [4.69, 9.17) is 19.9 Å². The number of imidazole rings is 4. The second kappa shape index (κ2) is 38.7. The third kappa shape index (κ3) is 18.8. The van der Waals surface area contributed by atoms with E-state index in [0.717, 1.165) is 156 Å². The molecule has 0 bridgehead atoms. The molecule has 10 N–H and O–H groups in total. The minimum Gasteiger partial charge on any atom is -0.335 e. The Hall–Kier alpha value is -19.8. The summed E-state index contributed by atoms with van der Waals surface area (Å²) in [6.07, 6.45) is 34.6. The molecule has 0 saturated carbocycles. The van der Waals surface area contributed by atoms with Crippen molar-refractivity contribution in [3.05, 3.63) is 372 Å². The number of benzene rings is 7. The Balaban J connectivity index is 0.000000108. The molecule has 19 aromatic heterocycles. The maximum absolute atomic E-state index is 13.9. The molecule has 19 heterocycles. The standard InChI is InChI=1S/C29H19FN8O2S.C29H20N8O2S.C26H21FN8.C24H15FN6/c30-20-10-19(13-31-14-20)23-15-32-16-25-27(23)35-29(34-25)28-22-11-17(6-7-24(22)36-37-28)18-8-9-33-26(12-18)38-41(39,40)21-4-2-1-3-5-21;38-40(39,22-6-2-1-3-7-22)37-21-11-20(14-31-15-21)18-8-9-25-23(12-18)28(36-35-25)29-33-26-17-32-16-24(27(26)34-29)19-5-4-10-30-13-19;1-35(2)14-15-5-17(9-28-8-15)16-3-4-22-20(7-16)25(34-33-22)26-31-23-13-30-12-21(24(23)32-26)18-6-19(27)11-29-10-18;25-17-5-1-3-15(9-17)19-12-27-13-21-22(19)29-24(28-21)23-18-10-14(6-7-20(18)30-31-23)16-4-2-8-26-11-16/h1-16H,(H,33,38)(H,34,35)(H,36,37);1-17,37H,(H,33,34)(H,35,36);3-13H,14H2,1-2H3,(H,31,32)(H,33,34);1-13H,(H,28,29)(H,30,31). The SMILES string of the molecule is CN(C)Cc1cncc(-c2ccc3[nH]nc(-c4nc5c(-c6cncc(F)c6)cncc5[nH]4)c3c2)c1.Fc1cccc(-c2cncc3[nH]c(-c4n[nH]c5ccc(-c6cccnc6)cc45)nc23)c1.O=S(=O)(Nc1cc(-c2ccc3[nH]nc(-c4nc5c(-c6cncc(F)c6)cncc5[nH]4)c3c2)ccn1)c1ccccc1.O=S(=O)(Nc1cncc(-c2ccc3[nH]nc(-c4nc5c(-c6cccnc6)cncc5[nH]4)c3c2)c1)c1ccccc1. The number of nitrogens with zero attached hydrogens (tertiary/aromatic N) is 20. The minimum absolute atomic E-state index is 0.148. The number of hydrogen-bond donors (Lipinski definition) is 10. The van der Waals surface area contributed by atoms with Gasteiger partial charge < -0.3 is 24.8 Å². The molecule has 0 radical (unpaired) electrons. The van der Waals surface area contributed by atoms with E-state index >= 15 is 0 Å². The Labute approximate surface area is 831 Å². The van der Waals surface area contributed by atoms with E-state index in [1.54, 1.807) is 166 Å². The number of fused-ring (bicyclic) bond motifs is 8. The first-order chi connectivity index (χ1) is 71.8. The van der Waals surface area contributed by atoms with Gasteiger partial charge in [-0.25, -0.2) is 54.9 Å². The predicted molar refractivity (Wildman–Crippen MR) is 556 cm³/mol. The zero-order chi connectivity index (χ0) is 99.8. The van der Waals surface area contributed by atoms with Crippen molar-refractivity contribution >= 4 is 119 Å². The van der Waals surface area contributed by atoms with Crippen LogP contribution in [-0.4, -0.2) is 171 Å². The highest BCUT2D eigenvalue weighted by Crippen LogP contribution is 2.41. The first-order valence-electron chi connectivity index (χ1n) is 45.5. The van der Waals surface area contributed by atoms with Crippen molar-refractivity contribution in [2.75, 3.05) is 23.5 Å². The highest BCUT2D eigenvalue weighted by atomic mass is 32.2. The number of anilines is 2. The Kier molecular flexibility index (Phi) is 23.9. The van der Waals surface area contributed by atoms with Gasteiger partial charge in [0.2, 0.25) is 0 Å². The normalized spacial score (nSPS) is 11.6. The molecular weight excluding hydrogens is 1900 g/mol. The fraction of sp³-hybridized carbons (Fsp3) is 0.0278. The van der Waals surface area contributed by atoms with E-state index in [1.165, 1.54) is 48.8 Å². The van der Waals surface area contributed by atoms with Crippen molar-refractivity contribution in [2.24, 2.45) is 0 Å². The quantitative estimate of drug-likeness (QED) is 0.0339. The first-order valence-corrected chi connectivity index (χ1v) is 48.5. The molecule has 0 fully saturated rings. The molecule has 26 aromatic rings. The molecule has 147 heavy (non-hydrogen) atoms. The topological polar surface area (TPSA) is 467 Å². The molecule has 39 heteroatoms. The van der Waals surface area contributed by atoms with Crippen LogP contribution in [-0.2, 0) is 26.6 Å². The van der Waals surface area contributed by atoms with Gasteiger partial charge in [-0.2, -0.15) is 20.4 Å². The molecule has 0 amide bonds. The number of sulfonamides is 2. The summed E-state index contributed by atoms with van der Waals surface area (Å²) in [5.41, 5.74) is 26.4. The third-order valence-electron chi connectivity index (χ3n) is 24.3. The van der Waals surface area contributed by atoms with Crippen LogP contribution in [0.1, 0.15) is 5.56 Å². The lowest BCUT2D eigenvalue weighted by atomic mass is 10.0. The Morgan fingerprint density at radius 2 is 0.646 bits per heavy atom. The van der Waals surface area contributed by atoms with Gasteiger partial charge >= 0.3 is 0 Å². The van der Waals surface area contributed by atoms with Gasteiger partial charge in [-0.05, 0) is 186 Å². The van der Waals surface area contributed by atoms with E-state index in [2.05, 4.69) is 154 Å². The average Bonchev–Trinajstić information content (AvgIpc) is 1.77. The third-order valence-corrected chi connectivity index (χ3v) is 27.0. The summed E-state index contributed by atoms with van der Waals surface area (Å²) in [6, 6.07) is 64.6. The Bertz CT molecular complexity index is 9730. The number of aromatic amines is 8. The van der Waals surface area contributed by atoms with Crippen molar-refractivity contribution in [1.29, 1.82) is 0 Å². The minimum atomic E-state index is -3.79. The van der Waals surface area contributed by atoms with Gasteiger partial charge in [0.1, 0.15) is 62.6 Å². The van der Waals surface area contributed by atoms with Crippen LogP contribution < -0.4 is 9.44 Å². The van der Waals surface area contributed by atoms with Crippen LogP contribution in [0.25, 0.3) is 223 Å². The van der Waals surface area contributed by atoms with Gasteiger partial charge in [-0.15, -0.1) is 0 Å². The lowest BCUT2D eigenvalue weighted by Crippen LogP contribution is -2.13. The second-order valence-electron chi connectivity index (χ2n) is 34.3. The number of rotatable bonds is 20. The van der Waals surface area contributed by atoms with Gasteiger partial charge in [0, 0.05) is 170 Å². The van der Waals surface area contributed by atoms with Crippen molar-refractivity contribution in [3.63, 3.8) is 0 Å². The lowest BCUT2D eigenvalue weighted by molar-refractivity contribution is 0.402. The molecule has 0 aliphatic rings.